The van der Waals surface area contributed by atoms with Crippen LogP contribution in [0.15, 0.2) is 23.2 Å². The Morgan fingerprint density at radius 3 is 2.75 bits per heavy atom. The van der Waals surface area contributed by atoms with Gasteiger partial charge in [0, 0.05) is 4.48 Å². The summed E-state index contributed by atoms with van der Waals surface area (Å²) >= 11 is 9.20. The van der Waals surface area contributed by atoms with Gasteiger partial charge in [-0.2, -0.15) is 0 Å². The van der Waals surface area contributed by atoms with E-state index in [9.17, 15) is 0 Å². The topological polar surface area (TPSA) is 38.7 Å². The Kier molecular flexibility index (Phi) is 5.12. The molecule has 1 aromatic rings. The normalized spacial score (nSPS) is 10.0. The van der Waals surface area contributed by atoms with E-state index in [2.05, 4.69) is 22.5 Å². The Bertz CT molecular complexity index is 393. The van der Waals surface area contributed by atoms with Crippen molar-refractivity contribution in [1.82, 2.24) is 0 Å². The summed E-state index contributed by atoms with van der Waals surface area (Å²) in [4.78, 5) is 0. The Balaban J connectivity index is 3.01. The lowest BCUT2D eigenvalue weighted by Gasteiger charge is -2.13. The predicted molar refractivity (Wildman–Crippen MR) is 67.5 cm³/mol. The van der Waals surface area contributed by atoms with E-state index in [1.165, 1.54) is 7.11 Å². The lowest BCUT2D eigenvalue weighted by Crippen LogP contribution is -2.00. The second-order valence-electron chi connectivity index (χ2n) is 3.07. The quantitative estimate of drug-likeness (QED) is 0.908. The summed E-state index contributed by atoms with van der Waals surface area (Å²) in [7, 11) is 1.52. The summed E-state index contributed by atoms with van der Waals surface area (Å²) in [5.74, 6) is 0.937. The van der Waals surface area contributed by atoms with E-state index in [0.29, 0.717) is 33.2 Å². The molecule has 0 heterocycles. The van der Waals surface area contributed by atoms with Crippen LogP contribution in [-0.2, 0) is 6.61 Å². The number of hydrogen-bond donors (Lipinski definition) is 1. The smallest absolute Gasteiger partial charge is 0.180 e. The van der Waals surface area contributed by atoms with Gasteiger partial charge in [-0.15, -0.1) is 0 Å². The molecule has 3 nitrogen and oxygen atoms in total. The lowest BCUT2D eigenvalue weighted by atomic mass is 10.2. The third-order valence-corrected chi connectivity index (χ3v) is 2.35. The fourth-order valence-electron chi connectivity index (χ4n) is 1.16. The first-order valence-corrected chi connectivity index (χ1v) is 5.69. The molecule has 1 aromatic carbocycles. The zero-order valence-electron chi connectivity index (χ0n) is 8.80. The molecule has 0 aromatic heterocycles. The summed E-state index contributed by atoms with van der Waals surface area (Å²) in [6.45, 7) is 3.86. The molecule has 1 rings (SSSR count). The van der Waals surface area contributed by atoms with Crippen molar-refractivity contribution in [2.75, 3.05) is 13.7 Å². The molecule has 0 atom stereocenters. The highest BCUT2D eigenvalue weighted by Gasteiger charge is 2.11. The van der Waals surface area contributed by atoms with Gasteiger partial charge < -0.3 is 14.6 Å². The van der Waals surface area contributed by atoms with Crippen molar-refractivity contribution in [3.8, 4) is 11.5 Å². The standard InChI is InChI=1S/C11H12BrClO3/c1-7(12)6-16-11-9(13)3-8(5-14)4-10(11)15-2/h3-4,14H,1,5-6H2,2H3. The minimum atomic E-state index is -0.0957. The number of hydrogen-bond acceptors (Lipinski definition) is 3. The van der Waals surface area contributed by atoms with E-state index in [1.807, 2.05) is 0 Å². The van der Waals surface area contributed by atoms with Crippen LogP contribution in [0.4, 0.5) is 0 Å². The predicted octanol–water partition coefficient (Wildman–Crippen LogP) is 3.13. The summed E-state index contributed by atoms with van der Waals surface area (Å²) in [6, 6.07) is 3.31. The molecule has 88 valence electrons. The average molecular weight is 308 g/mol. The van der Waals surface area contributed by atoms with Crippen LogP contribution in [0, 0.1) is 0 Å². The fraction of sp³-hybridized carbons (Fsp3) is 0.273. The molecule has 0 fully saturated rings. The van der Waals surface area contributed by atoms with Gasteiger partial charge in [-0.05, 0) is 17.7 Å². The van der Waals surface area contributed by atoms with Gasteiger partial charge in [0.1, 0.15) is 6.61 Å². The van der Waals surface area contributed by atoms with Crippen molar-refractivity contribution in [3.05, 3.63) is 33.8 Å². The van der Waals surface area contributed by atoms with Crippen LogP contribution in [0.2, 0.25) is 5.02 Å². The zero-order valence-corrected chi connectivity index (χ0v) is 11.1. The molecular formula is C11H12BrClO3. The largest absolute Gasteiger partial charge is 0.493 e. The number of aliphatic hydroxyl groups is 1. The number of halogens is 2. The number of rotatable bonds is 5. The van der Waals surface area contributed by atoms with Gasteiger partial charge in [-0.3, -0.25) is 0 Å². The number of methoxy groups -OCH3 is 1. The molecule has 1 N–H and O–H groups in total. The van der Waals surface area contributed by atoms with Gasteiger partial charge >= 0.3 is 0 Å². The van der Waals surface area contributed by atoms with Crippen molar-refractivity contribution in [2.24, 2.45) is 0 Å². The van der Waals surface area contributed by atoms with Crippen LogP contribution in [0.5, 0.6) is 11.5 Å². The minimum Gasteiger partial charge on any atom is -0.493 e. The van der Waals surface area contributed by atoms with E-state index in [-0.39, 0.29) is 6.61 Å². The highest BCUT2D eigenvalue weighted by atomic mass is 79.9. The third kappa shape index (κ3) is 3.40. The molecule has 0 saturated heterocycles. The molecule has 0 aliphatic rings. The van der Waals surface area contributed by atoms with Crippen molar-refractivity contribution >= 4 is 27.5 Å². The van der Waals surface area contributed by atoms with Gasteiger partial charge in [0.2, 0.25) is 0 Å². The molecule has 0 spiro atoms. The Labute approximate surface area is 108 Å². The van der Waals surface area contributed by atoms with Gasteiger partial charge in [0.25, 0.3) is 0 Å². The maximum Gasteiger partial charge on any atom is 0.180 e. The number of benzene rings is 1. The first-order chi connectivity index (χ1) is 7.58. The summed E-state index contributed by atoms with van der Waals surface area (Å²) < 4.78 is 11.3. The molecule has 0 amide bonds. The van der Waals surface area contributed by atoms with Crippen LogP contribution in [0.25, 0.3) is 0 Å². The van der Waals surface area contributed by atoms with Crippen molar-refractivity contribution in [1.29, 1.82) is 0 Å². The molecule has 16 heavy (non-hydrogen) atoms. The van der Waals surface area contributed by atoms with Gasteiger partial charge in [-0.1, -0.05) is 34.1 Å². The van der Waals surface area contributed by atoms with Crippen LogP contribution < -0.4 is 9.47 Å². The molecular weight excluding hydrogens is 295 g/mol. The summed E-state index contributed by atoms with van der Waals surface area (Å²) in [5, 5.41) is 9.41. The molecule has 5 heteroatoms. The fourth-order valence-corrected chi connectivity index (χ4v) is 1.56. The number of ether oxygens (including phenoxy) is 2. The van der Waals surface area contributed by atoms with Gasteiger partial charge in [-0.25, -0.2) is 0 Å². The summed E-state index contributed by atoms with van der Waals surface area (Å²) in [5.41, 5.74) is 0.673. The maximum absolute atomic E-state index is 9.01. The molecule has 0 saturated carbocycles. The van der Waals surface area contributed by atoms with E-state index < -0.39 is 0 Å². The SMILES string of the molecule is C=C(Br)COc1c(Cl)cc(CO)cc1OC. The van der Waals surface area contributed by atoms with Gasteiger partial charge in [0.05, 0.1) is 18.7 Å². The van der Waals surface area contributed by atoms with Crippen LogP contribution in [0.3, 0.4) is 0 Å². The van der Waals surface area contributed by atoms with Gasteiger partial charge in [0.15, 0.2) is 11.5 Å². The zero-order chi connectivity index (χ0) is 12.1. The lowest BCUT2D eigenvalue weighted by molar-refractivity contribution is 0.279. The summed E-state index contributed by atoms with van der Waals surface area (Å²) in [6.07, 6.45) is 0. The molecule has 0 unspecified atom stereocenters. The maximum atomic E-state index is 9.01. The average Bonchev–Trinajstić information content (AvgIpc) is 2.26. The highest BCUT2D eigenvalue weighted by Crippen LogP contribution is 2.36. The third-order valence-electron chi connectivity index (χ3n) is 1.84. The first kappa shape index (κ1) is 13.4. The van der Waals surface area contributed by atoms with Crippen LogP contribution in [0.1, 0.15) is 5.56 Å². The Morgan fingerprint density at radius 1 is 1.56 bits per heavy atom. The second-order valence-corrected chi connectivity index (χ2v) is 4.60. The van der Waals surface area contributed by atoms with Crippen molar-refractivity contribution < 1.29 is 14.6 Å². The van der Waals surface area contributed by atoms with Crippen LogP contribution in [-0.4, -0.2) is 18.8 Å². The van der Waals surface area contributed by atoms with Crippen LogP contribution >= 0.6 is 27.5 Å². The van der Waals surface area contributed by atoms with Crippen molar-refractivity contribution in [3.63, 3.8) is 0 Å². The highest BCUT2D eigenvalue weighted by molar-refractivity contribution is 9.11. The van der Waals surface area contributed by atoms with E-state index in [4.69, 9.17) is 26.2 Å². The molecule has 0 aliphatic heterocycles. The van der Waals surface area contributed by atoms with Crippen molar-refractivity contribution in [2.45, 2.75) is 6.61 Å². The second kappa shape index (κ2) is 6.13. The monoisotopic (exact) mass is 306 g/mol. The van der Waals surface area contributed by atoms with E-state index in [1.54, 1.807) is 12.1 Å². The van der Waals surface area contributed by atoms with E-state index >= 15 is 0 Å². The molecule has 0 aliphatic carbocycles. The Morgan fingerprint density at radius 2 is 2.25 bits per heavy atom. The molecule has 0 bridgehead atoms. The number of aliphatic hydroxyl groups excluding tert-OH is 1. The Hall–Kier alpha value is -0.710. The van der Waals surface area contributed by atoms with E-state index in [0.717, 1.165) is 0 Å². The first-order valence-electron chi connectivity index (χ1n) is 4.51. The molecule has 0 radical (unpaired) electrons. The minimum absolute atomic E-state index is 0.0957.